The van der Waals surface area contributed by atoms with Gasteiger partial charge in [0.15, 0.2) is 0 Å². The monoisotopic (exact) mass is 343 g/mol. The molecule has 0 spiro atoms. The van der Waals surface area contributed by atoms with Crippen LogP contribution in [0.15, 0.2) is 29.1 Å². The fourth-order valence-corrected chi connectivity index (χ4v) is 3.16. The first-order chi connectivity index (χ1) is 12.2. The van der Waals surface area contributed by atoms with Gasteiger partial charge in [-0.05, 0) is 45.0 Å². The average Bonchev–Trinajstić information content (AvgIpc) is 3.13. The van der Waals surface area contributed by atoms with E-state index in [4.69, 9.17) is 0 Å². The van der Waals surface area contributed by atoms with Crippen molar-refractivity contribution in [3.63, 3.8) is 0 Å². The molecule has 2 heterocycles. The second-order valence-electron chi connectivity index (χ2n) is 6.32. The highest BCUT2D eigenvalue weighted by molar-refractivity contribution is 5.77. The number of carbonyl (C=O) groups is 1. The molecule has 0 radical (unpaired) electrons. The Morgan fingerprint density at radius 1 is 1.32 bits per heavy atom. The molecule has 0 bridgehead atoms. The molecule has 3 rings (SSSR count). The molecule has 2 aromatic rings. The lowest BCUT2D eigenvalue weighted by atomic mass is 10.2. The van der Waals surface area contributed by atoms with E-state index in [2.05, 4.69) is 20.2 Å². The molecule has 1 aromatic heterocycles. The summed E-state index contributed by atoms with van der Waals surface area (Å²) in [6, 6.07) is 7.08. The zero-order valence-corrected chi connectivity index (χ0v) is 14.6. The molecule has 134 valence electrons. The summed E-state index contributed by atoms with van der Waals surface area (Å²) < 4.78 is 0. The number of nitrogens with zero attached hydrogens (tertiary/aromatic N) is 3. The number of hydrogen-bond acceptors (Lipinski definition) is 4. The topological polar surface area (TPSA) is 81.3 Å². The third kappa shape index (κ3) is 4.36. The van der Waals surface area contributed by atoms with Gasteiger partial charge in [-0.2, -0.15) is 0 Å². The Kier molecular flexibility index (Phi) is 5.65. The average molecular weight is 343 g/mol. The predicted molar refractivity (Wildman–Crippen MR) is 97.5 cm³/mol. The quantitative estimate of drug-likeness (QED) is 0.834. The number of para-hydroxylation sites is 1. The second-order valence-corrected chi connectivity index (χ2v) is 6.32. The third-order valence-electron chi connectivity index (χ3n) is 4.57. The summed E-state index contributed by atoms with van der Waals surface area (Å²) in [5.74, 6) is 0.500. The van der Waals surface area contributed by atoms with E-state index in [-0.39, 0.29) is 18.1 Å². The zero-order valence-electron chi connectivity index (χ0n) is 14.6. The number of likely N-dealkylation sites (tertiary alicyclic amines) is 1. The molecule has 1 aliphatic heterocycles. The van der Waals surface area contributed by atoms with Crippen LogP contribution >= 0.6 is 0 Å². The van der Waals surface area contributed by atoms with Gasteiger partial charge in [0.25, 0.3) is 5.56 Å². The van der Waals surface area contributed by atoms with Crippen molar-refractivity contribution in [2.75, 3.05) is 32.7 Å². The highest BCUT2D eigenvalue weighted by Gasteiger charge is 2.15. The number of amides is 2. The van der Waals surface area contributed by atoms with Gasteiger partial charge in [0, 0.05) is 19.6 Å². The highest BCUT2D eigenvalue weighted by atomic mass is 16.2. The number of carbonyl (C=O) groups excluding carboxylic acids is 1. The van der Waals surface area contributed by atoms with Crippen molar-refractivity contribution >= 4 is 16.9 Å². The van der Waals surface area contributed by atoms with E-state index in [1.807, 2.05) is 19.1 Å². The van der Waals surface area contributed by atoms with Crippen LogP contribution in [0, 0.1) is 0 Å². The Balaban J connectivity index is 1.61. The summed E-state index contributed by atoms with van der Waals surface area (Å²) in [5.41, 5.74) is 0.470. The standard InChI is InChI=1S/C18H25N5O2/c1-2-23(18(25)19-9-12-22-10-5-6-11-22)13-16-20-15-8-4-3-7-14(15)17(24)21-16/h3-4,7-8H,2,5-6,9-13H2,1H3,(H,19,25)(H,20,21,24). The summed E-state index contributed by atoms with van der Waals surface area (Å²) >= 11 is 0. The minimum Gasteiger partial charge on any atom is -0.337 e. The fourth-order valence-electron chi connectivity index (χ4n) is 3.16. The van der Waals surface area contributed by atoms with Gasteiger partial charge < -0.3 is 20.1 Å². The number of aromatic nitrogens is 2. The zero-order chi connectivity index (χ0) is 17.6. The van der Waals surface area contributed by atoms with E-state index in [0.29, 0.717) is 29.8 Å². The second kappa shape index (κ2) is 8.11. The molecule has 2 amide bonds. The molecule has 0 atom stereocenters. The lowest BCUT2D eigenvalue weighted by Gasteiger charge is -2.22. The maximum atomic E-state index is 12.4. The Morgan fingerprint density at radius 3 is 2.84 bits per heavy atom. The van der Waals surface area contributed by atoms with Gasteiger partial charge in [0.1, 0.15) is 5.82 Å². The third-order valence-corrected chi connectivity index (χ3v) is 4.57. The first-order valence-corrected chi connectivity index (χ1v) is 8.90. The molecule has 7 heteroatoms. The predicted octanol–water partition coefficient (Wildman–Crippen LogP) is 1.55. The lowest BCUT2D eigenvalue weighted by molar-refractivity contribution is 0.195. The minimum atomic E-state index is -0.175. The van der Waals surface area contributed by atoms with Crippen molar-refractivity contribution in [2.45, 2.75) is 26.3 Å². The molecule has 1 aromatic carbocycles. The van der Waals surface area contributed by atoms with E-state index in [1.165, 1.54) is 12.8 Å². The molecule has 25 heavy (non-hydrogen) atoms. The number of rotatable bonds is 6. The van der Waals surface area contributed by atoms with Gasteiger partial charge in [-0.1, -0.05) is 12.1 Å². The Labute approximate surface area is 147 Å². The molecule has 1 saturated heterocycles. The van der Waals surface area contributed by atoms with Crippen molar-refractivity contribution < 1.29 is 4.79 Å². The van der Waals surface area contributed by atoms with Crippen molar-refractivity contribution in [2.24, 2.45) is 0 Å². The Hall–Kier alpha value is -2.41. The summed E-state index contributed by atoms with van der Waals surface area (Å²) in [4.78, 5) is 35.8. The van der Waals surface area contributed by atoms with Crippen LogP contribution in [-0.2, 0) is 6.54 Å². The molecule has 0 saturated carbocycles. The molecule has 7 nitrogen and oxygen atoms in total. The molecule has 2 N–H and O–H groups in total. The first kappa shape index (κ1) is 17.4. The van der Waals surface area contributed by atoms with Crippen LogP contribution in [0.25, 0.3) is 10.9 Å². The Morgan fingerprint density at radius 2 is 2.08 bits per heavy atom. The number of hydrogen-bond donors (Lipinski definition) is 2. The fraction of sp³-hybridized carbons (Fsp3) is 0.500. The Bertz CT molecular complexity index is 782. The molecular weight excluding hydrogens is 318 g/mol. The number of fused-ring (bicyclic) bond motifs is 1. The normalized spacial score (nSPS) is 14.8. The number of urea groups is 1. The van der Waals surface area contributed by atoms with Gasteiger partial charge in [-0.25, -0.2) is 9.78 Å². The summed E-state index contributed by atoms with van der Waals surface area (Å²) in [6.45, 7) is 6.51. The van der Waals surface area contributed by atoms with Crippen LogP contribution in [0.3, 0.4) is 0 Å². The first-order valence-electron chi connectivity index (χ1n) is 8.90. The highest BCUT2D eigenvalue weighted by Crippen LogP contribution is 2.08. The number of H-pyrrole nitrogens is 1. The molecule has 0 aliphatic carbocycles. The number of aromatic amines is 1. The van der Waals surface area contributed by atoms with Crippen molar-refractivity contribution in [3.8, 4) is 0 Å². The number of nitrogens with one attached hydrogen (secondary N) is 2. The van der Waals surface area contributed by atoms with Crippen LogP contribution < -0.4 is 10.9 Å². The minimum absolute atomic E-state index is 0.127. The van der Waals surface area contributed by atoms with E-state index in [0.717, 1.165) is 19.6 Å². The largest absolute Gasteiger partial charge is 0.337 e. The maximum absolute atomic E-state index is 12.4. The molecular formula is C18H25N5O2. The van der Waals surface area contributed by atoms with Crippen LogP contribution in [0.5, 0.6) is 0 Å². The van der Waals surface area contributed by atoms with Gasteiger partial charge in [-0.3, -0.25) is 4.79 Å². The molecule has 0 unspecified atom stereocenters. The van der Waals surface area contributed by atoms with E-state index >= 15 is 0 Å². The van der Waals surface area contributed by atoms with Gasteiger partial charge in [0.05, 0.1) is 17.4 Å². The van der Waals surface area contributed by atoms with Gasteiger partial charge in [-0.15, -0.1) is 0 Å². The molecule has 1 aliphatic rings. The van der Waals surface area contributed by atoms with Crippen molar-refractivity contribution in [1.82, 2.24) is 25.1 Å². The van der Waals surface area contributed by atoms with Crippen LogP contribution in [-0.4, -0.2) is 58.5 Å². The molecule has 1 fully saturated rings. The van der Waals surface area contributed by atoms with Crippen LogP contribution in [0.4, 0.5) is 4.79 Å². The van der Waals surface area contributed by atoms with Crippen molar-refractivity contribution in [3.05, 3.63) is 40.4 Å². The summed E-state index contributed by atoms with van der Waals surface area (Å²) in [5, 5.41) is 3.52. The van der Waals surface area contributed by atoms with E-state index in [9.17, 15) is 9.59 Å². The van der Waals surface area contributed by atoms with Crippen LogP contribution in [0.1, 0.15) is 25.6 Å². The maximum Gasteiger partial charge on any atom is 0.317 e. The van der Waals surface area contributed by atoms with Crippen molar-refractivity contribution in [1.29, 1.82) is 0 Å². The van der Waals surface area contributed by atoms with Gasteiger partial charge >= 0.3 is 6.03 Å². The van der Waals surface area contributed by atoms with E-state index < -0.39 is 0 Å². The number of benzene rings is 1. The smallest absolute Gasteiger partial charge is 0.317 e. The SMILES string of the molecule is CCN(Cc1nc2ccccc2c(=O)[nH]1)C(=O)NCCN1CCCC1. The van der Waals surface area contributed by atoms with Crippen LogP contribution in [0.2, 0.25) is 0 Å². The van der Waals surface area contributed by atoms with Gasteiger partial charge in [0.2, 0.25) is 0 Å². The lowest BCUT2D eigenvalue weighted by Crippen LogP contribution is -2.42. The summed E-state index contributed by atoms with van der Waals surface area (Å²) in [6.07, 6.45) is 2.49. The van der Waals surface area contributed by atoms with E-state index in [1.54, 1.807) is 17.0 Å². The summed E-state index contributed by atoms with van der Waals surface area (Å²) in [7, 11) is 0.